The monoisotopic (exact) mass is 384 g/mol. The van der Waals surface area contributed by atoms with Crippen molar-refractivity contribution in [3.05, 3.63) is 33.3 Å². The fourth-order valence-corrected chi connectivity index (χ4v) is 2.79. The van der Waals surface area contributed by atoms with Gasteiger partial charge in [0.1, 0.15) is 0 Å². The van der Waals surface area contributed by atoms with Crippen molar-refractivity contribution in [1.82, 2.24) is 0 Å². The van der Waals surface area contributed by atoms with Crippen LogP contribution in [0.25, 0.3) is 0 Å². The Morgan fingerprint density at radius 3 is 2.26 bits per heavy atom. The van der Waals surface area contributed by atoms with Crippen LogP contribution < -0.4 is 0 Å². The second-order valence-electron chi connectivity index (χ2n) is 5.74. The van der Waals surface area contributed by atoms with Crippen LogP contribution >= 0.6 is 15.9 Å². The highest BCUT2D eigenvalue weighted by molar-refractivity contribution is 9.10. The highest BCUT2D eigenvalue weighted by atomic mass is 79.9. The minimum atomic E-state index is -0.496. The summed E-state index contributed by atoms with van der Waals surface area (Å²) in [6, 6.07) is 3.35. The molecule has 5 heteroatoms. The highest BCUT2D eigenvalue weighted by Crippen LogP contribution is 2.24. The van der Waals surface area contributed by atoms with E-state index in [-0.39, 0.29) is 17.7 Å². The smallest absolute Gasteiger partial charge is 0.339 e. The third kappa shape index (κ3) is 5.98. The first-order valence-corrected chi connectivity index (χ1v) is 8.86. The van der Waals surface area contributed by atoms with Crippen LogP contribution in [0.15, 0.2) is 16.6 Å². The molecular weight excluding hydrogens is 360 g/mol. The van der Waals surface area contributed by atoms with Crippen LogP contribution in [-0.4, -0.2) is 25.2 Å². The number of carbonyl (C=O) groups is 2. The van der Waals surface area contributed by atoms with E-state index >= 15 is 0 Å². The van der Waals surface area contributed by atoms with E-state index in [0.717, 1.165) is 29.3 Å². The summed E-state index contributed by atoms with van der Waals surface area (Å²) in [7, 11) is 0. The molecule has 23 heavy (non-hydrogen) atoms. The van der Waals surface area contributed by atoms with E-state index in [1.54, 1.807) is 19.1 Å². The zero-order valence-electron chi connectivity index (χ0n) is 14.3. The Bertz CT molecular complexity index is 552. The summed E-state index contributed by atoms with van der Waals surface area (Å²) >= 11 is 3.44. The minimum absolute atomic E-state index is 0.247. The van der Waals surface area contributed by atoms with Crippen LogP contribution in [0.4, 0.5) is 0 Å². The number of rotatable bonds is 8. The Labute approximate surface area is 146 Å². The molecular formula is C18H25BrO4. The maximum absolute atomic E-state index is 12.3. The average Bonchev–Trinajstić information content (AvgIpc) is 2.51. The molecule has 1 aromatic carbocycles. The predicted molar refractivity (Wildman–Crippen MR) is 93.8 cm³/mol. The molecule has 128 valence electrons. The summed E-state index contributed by atoms with van der Waals surface area (Å²) in [4.78, 5) is 24.4. The van der Waals surface area contributed by atoms with E-state index in [1.807, 2.05) is 6.92 Å². The normalized spacial score (nSPS) is 10.7. The molecule has 0 fully saturated rings. The predicted octanol–water partition coefficient (Wildman–Crippen LogP) is 4.78. The topological polar surface area (TPSA) is 52.6 Å². The molecule has 0 radical (unpaired) electrons. The molecule has 0 N–H and O–H groups in total. The van der Waals surface area contributed by atoms with E-state index in [1.165, 1.54) is 0 Å². The maximum atomic E-state index is 12.3. The second kappa shape index (κ2) is 9.71. The van der Waals surface area contributed by atoms with Gasteiger partial charge >= 0.3 is 11.9 Å². The van der Waals surface area contributed by atoms with Crippen molar-refractivity contribution in [2.24, 2.45) is 5.92 Å². The largest absolute Gasteiger partial charge is 0.462 e. The Balaban J connectivity index is 2.96. The molecule has 0 unspecified atom stereocenters. The first kappa shape index (κ1) is 19.7. The Morgan fingerprint density at radius 2 is 1.70 bits per heavy atom. The maximum Gasteiger partial charge on any atom is 0.339 e. The zero-order chi connectivity index (χ0) is 17.4. The van der Waals surface area contributed by atoms with Crippen molar-refractivity contribution in [2.75, 3.05) is 13.2 Å². The van der Waals surface area contributed by atoms with Crippen LogP contribution in [0.2, 0.25) is 0 Å². The van der Waals surface area contributed by atoms with Crippen LogP contribution in [0.1, 0.15) is 66.8 Å². The van der Waals surface area contributed by atoms with Gasteiger partial charge in [-0.1, -0.05) is 36.7 Å². The summed E-state index contributed by atoms with van der Waals surface area (Å²) in [5.41, 5.74) is 1.46. The lowest BCUT2D eigenvalue weighted by Crippen LogP contribution is -2.15. The van der Waals surface area contributed by atoms with Gasteiger partial charge in [0.05, 0.1) is 24.3 Å². The molecule has 0 aliphatic carbocycles. The fraction of sp³-hybridized carbons (Fsp3) is 0.556. The van der Waals surface area contributed by atoms with Gasteiger partial charge in [-0.3, -0.25) is 0 Å². The SMILES string of the molecule is CCOC(=O)c1cc(CC)c(Br)cc1C(=O)OCCCC(C)C. The standard InChI is InChI=1S/C18H25BrO4/c1-5-13-10-14(17(20)22-6-2)15(11-16(13)19)18(21)23-9-7-8-12(3)4/h10-12H,5-9H2,1-4H3. The van der Waals surface area contributed by atoms with Crippen LogP contribution in [0.3, 0.4) is 0 Å². The second-order valence-corrected chi connectivity index (χ2v) is 6.59. The highest BCUT2D eigenvalue weighted by Gasteiger charge is 2.21. The summed E-state index contributed by atoms with van der Waals surface area (Å²) in [5, 5.41) is 0. The molecule has 0 aliphatic rings. The van der Waals surface area contributed by atoms with E-state index in [9.17, 15) is 9.59 Å². The summed E-state index contributed by atoms with van der Waals surface area (Å²) in [6.07, 6.45) is 2.56. The van der Waals surface area contributed by atoms with E-state index in [2.05, 4.69) is 29.8 Å². The molecule has 0 saturated heterocycles. The van der Waals surface area contributed by atoms with Crippen molar-refractivity contribution in [3.8, 4) is 0 Å². The van der Waals surface area contributed by atoms with Crippen molar-refractivity contribution in [1.29, 1.82) is 0 Å². The summed E-state index contributed by atoms with van der Waals surface area (Å²) < 4.78 is 11.2. The number of ether oxygens (including phenoxy) is 2. The van der Waals surface area contributed by atoms with Crippen molar-refractivity contribution < 1.29 is 19.1 Å². The molecule has 0 bridgehead atoms. The van der Waals surface area contributed by atoms with Gasteiger partial charge in [-0.2, -0.15) is 0 Å². The Kier molecular flexibility index (Phi) is 8.31. The molecule has 0 aliphatic heterocycles. The molecule has 0 atom stereocenters. The molecule has 0 heterocycles. The van der Waals surface area contributed by atoms with E-state index in [4.69, 9.17) is 9.47 Å². The lowest BCUT2D eigenvalue weighted by atomic mass is 10.0. The van der Waals surface area contributed by atoms with Gasteiger partial charge in [-0.25, -0.2) is 9.59 Å². The molecule has 0 saturated carbocycles. The lowest BCUT2D eigenvalue weighted by molar-refractivity contribution is 0.0460. The van der Waals surface area contributed by atoms with Crippen molar-refractivity contribution in [2.45, 2.75) is 47.0 Å². The minimum Gasteiger partial charge on any atom is -0.462 e. The number of hydrogen-bond donors (Lipinski definition) is 0. The van der Waals surface area contributed by atoms with E-state index in [0.29, 0.717) is 12.5 Å². The third-order valence-corrected chi connectivity index (χ3v) is 4.18. The average molecular weight is 385 g/mol. The van der Waals surface area contributed by atoms with Gasteiger partial charge in [0.25, 0.3) is 0 Å². The quantitative estimate of drug-likeness (QED) is 0.477. The van der Waals surface area contributed by atoms with Gasteiger partial charge in [0.2, 0.25) is 0 Å². The first-order chi connectivity index (χ1) is 10.9. The molecule has 1 rings (SSSR count). The summed E-state index contributed by atoms with van der Waals surface area (Å²) in [6.45, 7) is 8.59. The number of aryl methyl sites for hydroxylation is 1. The van der Waals surface area contributed by atoms with E-state index < -0.39 is 11.9 Å². The van der Waals surface area contributed by atoms with Gasteiger partial charge in [-0.05, 0) is 49.8 Å². The van der Waals surface area contributed by atoms with Crippen LogP contribution in [0, 0.1) is 5.92 Å². The zero-order valence-corrected chi connectivity index (χ0v) is 15.9. The third-order valence-electron chi connectivity index (χ3n) is 3.44. The first-order valence-electron chi connectivity index (χ1n) is 8.07. The Hall–Kier alpha value is -1.36. The van der Waals surface area contributed by atoms with Gasteiger partial charge in [-0.15, -0.1) is 0 Å². The number of hydrogen-bond acceptors (Lipinski definition) is 4. The fourth-order valence-electron chi connectivity index (χ4n) is 2.17. The number of esters is 2. The number of benzene rings is 1. The van der Waals surface area contributed by atoms with Gasteiger partial charge < -0.3 is 9.47 Å². The van der Waals surface area contributed by atoms with Crippen molar-refractivity contribution >= 4 is 27.9 Å². The van der Waals surface area contributed by atoms with Crippen LogP contribution in [0.5, 0.6) is 0 Å². The molecule has 4 nitrogen and oxygen atoms in total. The number of carbonyl (C=O) groups excluding carboxylic acids is 2. The van der Waals surface area contributed by atoms with Gasteiger partial charge in [0.15, 0.2) is 0 Å². The number of halogens is 1. The van der Waals surface area contributed by atoms with Crippen molar-refractivity contribution in [3.63, 3.8) is 0 Å². The van der Waals surface area contributed by atoms with Crippen LogP contribution in [-0.2, 0) is 15.9 Å². The lowest BCUT2D eigenvalue weighted by Gasteiger charge is -2.12. The molecule has 0 aromatic heterocycles. The summed E-state index contributed by atoms with van der Waals surface area (Å²) in [5.74, 6) is -0.411. The molecule has 0 spiro atoms. The Morgan fingerprint density at radius 1 is 1.09 bits per heavy atom. The van der Waals surface area contributed by atoms with Gasteiger partial charge in [0, 0.05) is 4.47 Å². The molecule has 0 amide bonds. The molecule has 1 aromatic rings.